The quantitative estimate of drug-likeness (QED) is 0.663. The monoisotopic (exact) mass is 337 g/mol. The molecular formula is C15H34N2O4P+. The van der Waals surface area contributed by atoms with E-state index in [2.05, 4.69) is 5.32 Å². The molecule has 0 aromatic carbocycles. The highest BCUT2D eigenvalue weighted by molar-refractivity contribution is 7.53. The van der Waals surface area contributed by atoms with Crippen molar-refractivity contribution in [2.75, 3.05) is 26.0 Å². The predicted octanol–water partition coefficient (Wildman–Crippen LogP) is 1.81. The van der Waals surface area contributed by atoms with Crippen molar-refractivity contribution < 1.29 is 23.3 Å². The molecule has 0 aliphatic carbocycles. The van der Waals surface area contributed by atoms with E-state index in [9.17, 15) is 9.36 Å². The zero-order chi connectivity index (χ0) is 17.6. The van der Waals surface area contributed by atoms with Gasteiger partial charge in [-0.05, 0) is 55.4 Å². The van der Waals surface area contributed by atoms with E-state index in [1.807, 2.05) is 41.5 Å². The van der Waals surface area contributed by atoms with Crippen LogP contribution in [0.5, 0.6) is 0 Å². The second-order valence-corrected chi connectivity index (χ2v) is 9.49. The standard InChI is InChI=1S/C15H33N2O4P/c1-9-20-22(19,21-10-2)12-17(15(6,7)8)11-13(18)16-14(3,4)5/h9-12H2,1-8H3,(H,16,18)/p+1. The molecule has 22 heavy (non-hydrogen) atoms. The Hall–Kier alpha value is -0.420. The van der Waals surface area contributed by atoms with Crippen molar-refractivity contribution in [3.63, 3.8) is 0 Å². The highest BCUT2D eigenvalue weighted by atomic mass is 31.2. The first-order valence-electron chi connectivity index (χ1n) is 7.87. The highest BCUT2D eigenvalue weighted by Gasteiger charge is 2.37. The van der Waals surface area contributed by atoms with Gasteiger partial charge in [-0.25, -0.2) is 0 Å². The van der Waals surface area contributed by atoms with E-state index in [4.69, 9.17) is 9.05 Å². The number of hydrogen-bond acceptors (Lipinski definition) is 4. The smallest absolute Gasteiger partial charge is 0.347 e. The first-order valence-corrected chi connectivity index (χ1v) is 9.60. The number of nitrogens with one attached hydrogen (secondary N) is 2. The van der Waals surface area contributed by atoms with Crippen LogP contribution in [0.3, 0.4) is 0 Å². The molecule has 1 atom stereocenters. The molecule has 0 saturated heterocycles. The molecule has 0 radical (unpaired) electrons. The van der Waals surface area contributed by atoms with Crippen molar-refractivity contribution >= 4 is 13.5 Å². The maximum absolute atomic E-state index is 12.7. The molecule has 1 amide bonds. The lowest BCUT2D eigenvalue weighted by Crippen LogP contribution is -3.19. The van der Waals surface area contributed by atoms with Crippen molar-refractivity contribution in [2.45, 2.75) is 66.5 Å². The van der Waals surface area contributed by atoms with E-state index >= 15 is 0 Å². The topological polar surface area (TPSA) is 69.1 Å². The number of quaternary nitrogens is 1. The lowest BCUT2D eigenvalue weighted by Gasteiger charge is -2.34. The summed E-state index contributed by atoms with van der Waals surface area (Å²) in [6, 6.07) is 0. The van der Waals surface area contributed by atoms with E-state index in [0.717, 1.165) is 4.90 Å². The van der Waals surface area contributed by atoms with E-state index in [-0.39, 0.29) is 29.8 Å². The van der Waals surface area contributed by atoms with Crippen LogP contribution in [-0.4, -0.2) is 43.0 Å². The van der Waals surface area contributed by atoms with Gasteiger partial charge >= 0.3 is 7.60 Å². The molecule has 0 bridgehead atoms. The lowest BCUT2D eigenvalue weighted by molar-refractivity contribution is -0.929. The third-order valence-electron chi connectivity index (χ3n) is 2.99. The molecule has 0 aromatic heterocycles. The highest BCUT2D eigenvalue weighted by Crippen LogP contribution is 2.45. The largest absolute Gasteiger partial charge is 0.384 e. The average Bonchev–Trinajstić information content (AvgIpc) is 2.24. The van der Waals surface area contributed by atoms with Gasteiger partial charge in [-0.3, -0.25) is 9.36 Å². The summed E-state index contributed by atoms with van der Waals surface area (Å²) in [6.07, 6.45) is 0.176. The molecule has 0 spiro atoms. The Morgan fingerprint density at radius 1 is 1.05 bits per heavy atom. The average molecular weight is 337 g/mol. The van der Waals surface area contributed by atoms with Gasteiger partial charge in [0.15, 0.2) is 12.8 Å². The summed E-state index contributed by atoms with van der Waals surface area (Å²) in [6.45, 7) is 16.3. The molecule has 1 unspecified atom stereocenters. The summed E-state index contributed by atoms with van der Waals surface area (Å²) in [5.74, 6) is -0.0722. The van der Waals surface area contributed by atoms with Crippen LogP contribution in [0, 0.1) is 0 Å². The zero-order valence-corrected chi connectivity index (χ0v) is 16.3. The van der Waals surface area contributed by atoms with Gasteiger partial charge in [0.25, 0.3) is 5.91 Å². The van der Waals surface area contributed by atoms with Gasteiger partial charge in [-0.15, -0.1) is 0 Å². The molecule has 6 nitrogen and oxygen atoms in total. The normalized spacial score (nSPS) is 14.7. The van der Waals surface area contributed by atoms with Crippen LogP contribution >= 0.6 is 7.60 Å². The fourth-order valence-electron chi connectivity index (χ4n) is 1.97. The van der Waals surface area contributed by atoms with Crippen molar-refractivity contribution in [1.82, 2.24) is 5.32 Å². The number of carbonyl (C=O) groups excluding carboxylic acids is 1. The SMILES string of the molecule is CCOP(=O)(C[NH+](CC(=O)NC(C)(C)C)C(C)(C)C)OCC. The fourth-order valence-corrected chi connectivity index (χ4v) is 4.07. The fraction of sp³-hybridized carbons (Fsp3) is 0.933. The maximum atomic E-state index is 12.7. The molecular weight excluding hydrogens is 303 g/mol. The molecule has 0 fully saturated rings. The maximum Gasteiger partial charge on any atom is 0.384 e. The summed E-state index contributed by atoms with van der Waals surface area (Å²) in [5.41, 5.74) is -0.539. The third kappa shape index (κ3) is 8.89. The number of hydrogen-bond donors (Lipinski definition) is 2. The number of carbonyl (C=O) groups is 1. The lowest BCUT2D eigenvalue weighted by atomic mass is 10.1. The Kier molecular flexibility index (Phi) is 8.28. The predicted molar refractivity (Wildman–Crippen MR) is 89.2 cm³/mol. The van der Waals surface area contributed by atoms with Crippen molar-refractivity contribution in [3.05, 3.63) is 0 Å². The van der Waals surface area contributed by atoms with Crippen LogP contribution in [0.15, 0.2) is 0 Å². The third-order valence-corrected chi connectivity index (χ3v) is 5.06. The summed E-state index contributed by atoms with van der Waals surface area (Å²) < 4.78 is 23.5. The van der Waals surface area contributed by atoms with Gasteiger partial charge in [0.2, 0.25) is 0 Å². The van der Waals surface area contributed by atoms with E-state index in [1.165, 1.54) is 0 Å². The Balaban J connectivity index is 5.07. The molecule has 0 aliphatic heterocycles. The van der Waals surface area contributed by atoms with Gasteiger partial charge in [-0.1, -0.05) is 0 Å². The van der Waals surface area contributed by atoms with Crippen LogP contribution in [0.1, 0.15) is 55.4 Å². The Bertz CT molecular complexity index is 389. The molecule has 0 saturated carbocycles. The molecule has 7 heteroatoms. The van der Waals surface area contributed by atoms with Crippen molar-refractivity contribution in [2.24, 2.45) is 0 Å². The Morgan fingerprint density at radius 2 is 1.50 bits per heavy atom. The van der Waals surface area contributed by atoms with E-state index in [0.29, 0.717) is 13.2 Å². The summed E-state index contributed by atoms with van der Waals surface area (Å²) >= 11 is 0. The van der Waals surface area contributed by atoms with Gasteiger partial charge in [0.1, 0.15) is 0 Å². The van der Waals surface area contributed by atoms with Gasteiger partial charge < -0.3 is 19.3 Å². The molecule has 0 aromatic rings. The van der Waals surface area contributed by atoms with Gasteiger partial charge in [0, 0.05) is 5.54 Å². The molecule has 0 aliphatic rings. The second-order valence-electron chi connectivity index (χ2n) is 7.43. The van der Waals surface area contributed by atoms with Gasteiger partial charge in [0.05, 0.1) is 18.8 Å². The second kappa shape index (κ2) is 8.44. The summed E-state index contributed by atoms with van der Waals surface area (Å²) in [4.78, 5) is 13.1. The van der Waals surface area contributed by atoms with E-state index in [1.54, 1.807) is 13.8 Å². The number of amides is 1. The van der Waals surface area contributed by atoms with E-state index < -0.39 is 7.60 Å². The summed E-state index contributed by atoms with van der Waals surface area (Å²) in [7, 11) is -3.20. The first kappa shape index (κ1) is 21.6. The van der Waals surface area contributed by atoms with Crippen LogP contribution < -0.4 is 10.2 Å². The van der Waals surface area contributed by atoms with Gasteiger partial charge in [-0.2, -0.15) is 0 Å². The molecule has 132 valence electrons. The molecule has 0 heterocycles. The number of rotatable bonds is 8. The van der Waals surface area contributed by atoms with Crippen LogP contribution in [0.2, 0.25) is 0 Å². The van der Waals surface area contributed by atoms with Crippen LogP contribution in [-0.2, 0) is 18.4 Å². The Labute approximate surface area is 135 Å². The summed E-state index contributed by atoms with van der Waals surface area (Å²) in [5, 5.41) is 2.94. The molecule has 0 rings (SSSR count). The Morgan fingerprint density at radius 3 is 1.82 bits per heavy atom. The minimum atomic E-state index is -3.20. The first-order chi connectivity index (χ1) is 9.83. The zero-order valence-electron chi connectivity index (χ0n) is 15.4. The van der Waals surface area contributed by atoms with Crippen LogP contribution in [0.25, 0.3) is 0 Å². The minimum Gasteiger partial charge on any atom is -0.347 e. The van der Waals surface area contributed by atoms with Crippen molar-refractivity contribution in [1.29, 1.82) is 0 Å². The molecule has 2 N–H and O–H groups in total. The van der Waals surface area contributed by atoms with Crippen molar-refractivity contribution in [3.8, 4) is 0 Å². The minimum absolute atomic E-state index is 0.0722. The van der Waals surface area contributed by atoms with Crippen LogP contribution in [0.4, 0.5) is 0 Å².